The molecule has 0 saturated carbocycles. The molecule has 9 nitrogen and oxygen atoms in total. The second kappa shape index (κ2) is 5.53. The van der Waals surface area contributed by atoms with Crippen LogP contribution >= 0.6 is 0 Å². The molecule has 4 N–H and O–H groups in total. The van der Waals surface area contributed by atoms with Crippen molar-refractivity contribution < 1.29 is 19.0 Å². The molecule has 1 aromatic rings. The molecule has 0 amide bonds. The Labute approximate surface area is 90.3 Å². The minimum Gasteiger partial charge on any atom is -0.463 e. The highest BCUT2D eigenvalue weighted by Gasteiger charge is 2.11. The van der Waals surface area contributed by atoms with Gasteiger partial charge in [0.1, 0.15) is 0 Å². The summed E-state index contributed by atoms with van der Waals surface area (Å²) in [6, 6.07) is 0. The van der Waals surface area contributed by atoms with Crippen molar-refractivity contribution in [1.29, 1.82) is 0 Å². The summed E-state index contributed by atoms with van der Waals surface area (Å²) in [6.45, 7) is 1.60. The van der Waals surface area contributed by atoms with Crippen molar-refractivity contribution in [1.82, 2.24) is 10.3 Å². The fourth-order valence-corrected chi connectivity index (χ4v) is 0.774. The number of amidine groups is 1. The lowest BCUT2D eigenvalue weighted by atomic mass is 10.4. The Morgan fingerprint density at radius 1 is 1.56 bits per heavy atom. The molecule has 16 heavy (non-hydrogen) atoms. The van der Waals surface area contributed by atoms with Crippen molar-refractivity contribution in [2.45, 2.75) is 6.92 Å². The van der Waals surface area contributed by atoms with E-state index in [4.69, 9.17) is 11.5 Å². The third kappa shape index (κ3) is 3.12. The van der Waals surface area contributed by atoms with Gasteiger partial charge in [-0.3, -0.25) is 0 Å². The number of carbonyl (C=O) groups is 1. The molecule has 0 aliphatic heterocycles. The number of anilines is 1. The number of rotatable bonds is 5. The highest BCUT2D eigenvalue weighted by molar-refractivity contribution is 5.98. The van der Waals surface area contributed by atoms with E-state index in [1.54, 1.807) is 6.92 Å². The number of oxime groups is 1. The summed E-state index contributed by atoms with van der Waals surface area (Å²) in [5.74, 6) is -0.700. The number of esters is 1. The third-order valence-electron chi connectivity index (χ3n) is 1.41. The topological polar surface area (TPSA) is 139 Å². The SMILES string of the molecule is CCOC(=O)CO/N=C(\N)c1nonc1N. The van der Waals surface area contributed by atoms with Crippen molar-refractivity contribution in [3.8, 4) is 0 Å². The minimum atomic E-state index is -0.551. The van der Waals surface area contributed by atoms with Crippen molar-refractivity contribution in [3.05, 3.63) is 5.69 Å². The maximum atomic E-state index is 10.8. The van der Waals surface area contributed by atoms with Gasteiger partial charge in [-0.1, -0.05) is 5.16 Å². The van der Waals surface area contributed by atoms with Crippen LogP contribution in [0, 0.1) is 0 Å². The third-order valence-corrected chi connectivity index (χ3v) is 1.41. The van der Waals surface area contributed by atoms with E-state index in [0.29, 0.717) is 0 Å². The van der Waals surface area contributed by atoms with Crippen LogP contribution < -0.4 is 11.5 Å². The zero-order valence-corrected chi connectivity index (χ0v) is 8.54. The summed E-state index contributed by atoms with van der Waals surface area (Å²) in [6.07, 6.45) is 0. The number of nitrogens with zero attached hydrogens (tertiary/aromatic N) is 3. The fourth-order valence-electron chi connectivity index (χ4n) is 0.774. The zero-order valence-electron chi connectivity index (χ0n) is 8.54. The number of hydrogen-bond acceptors (Lipinski definition) is 8. The highest BCUT2D eigenvalue weighted by Crippen LogP contribution is 2.02. The normalized spacial score (nSPS) is 11.2. The lowest BCUT2D eigenvalue weighted by Gasteiger charge is -2.00. The monoisotopic (exact) mass is 229 g/mol. The molecule has 0 radical (unpaired) electrons. The van der Waals surface area contributed by atoms with Crippen LogP contribution in [0.4, 0.5) is 5.82 Å². The Kier molecular flexibility index (Phi) is 4.07. The van der Waals surface area contributed by atoms with E-state index in [0.717, 1.165) is 0 Å². The Morgan fingerprint density at radius 2 is 2.31 bits per heavy atom. The molecule has 9 heteroatoms. The van der Waals surface area contributed by atoms with Gasteiger partial charge in [0.15, 0.2) is 17.3 Å². The van der Waals surface area contributed by atoms with Crippen molar-refractivity contribution >= 4 is 17.6 Å². The van der Waals surface area contributed by atoms with E-state index in [-0.39, 0.29) is 30.6 Å². The first-order valence-corrected chi connectivity index (χ1v) is 4.34. The zero-order chi connectivity index (χ0) is 12.0. The molecule has 1 rings (SSSR count). The number of carbonyl (C=O) groups excluding carboxylic acids is 1. The molecular formula is C7H11N5O4. The second-order valence-electron chi connectivity index (χ2n) is 2.55. The molecule has 0 spiro atoms. The van der Waals surface area contributed by atoms with Gasteiger partial charge in [0.2, 0.25) is 6.61 Å². The van der Waals surface area contributed by atoms with Gasteiger partial charge in [-0.15, -0.1) is 0 Å². The van der Waals surface area contributed by atoms with E-state index in [2.05, 4.69) is 29.7 Å². The first-order chi connectivity index (χ1) is 7.65. The van der Waals surface area contributed by atoms with E-state index >= 15 is 0 Å². The summed E-state index contributed by atoms with van der Waals surface area (Å²) in [5.41, 5.74) is 10.8. The average Bonchev–Trinajstić information content (AvgIpc) is 2.64. The van der Waals surface area contributed by atoms with Gasteiger partial charge in [0.25, 0.3) is 0 Å². The molecular weight excluding hydrogens is 218 g/mol. The molecule has 0 aromatic carbocycles. The standard InChI is InChI=1S/C7H11N5O4/c1-2-14-4(13)3-15-11-6(8)5-7(9)12-16-10-5/h2-3H2,1H3,(H2,8,11)(H2,9,12). The van der Waals surface area contributed by atoms with Crippen molar-refractivity contribution in [3.63, 3.8) is 0 Å². The molecule has 0 saturated heterocycles. The molecule has 1 heterocycles. The lowest BCUT2D eigenvalue weighted by Crippen LogP contribution is -2.18. The smallest absolute Gasteiger partial charge is 0.347 e. The average molecular weight is 229 g/mol. The van der Waals surface area contributed by atoms with Crippen LogP contribution in [0.1, 0.15) is 12.6 Å². The lowest BCUT2D eigenvalue weighted by molar-refractivity contribution is -0.148. The van der Waals surface area contributed by atoms with Crippen LogP contribution in [0.3, 0.4) is 0 Å². The summed E-state index contributed by atoms with van der Waals surface area (Å²) in [7, 11) is 0. The summed E-state index contributed by atoms with van der Waals surface area (Å²) >= 11 is 0. The first-order valence-electron chi connectivity index (χ1n) is 4.34. The Balaban J connectivity index is 2.46. The molecule has 0 fully saturated rings. The number of nitrogen functional groups attached to an aromatic ring is 1. The van der Waals surface area contributed by atoms with Gasteiger partial charge in [-0.25, -0.2) is 9.42 Å². The van der Waals surface area contributed by atoms with Gasteiger partial charge in [0, 0.05) is 0 Å². The molecule has 0 aliphatic rings. The minimum absolute atomic E-state index is 0.0130. The maximum absolute atomic E-state index is 10.8. The number of hydrogen-bond donors (Lipinski definition) is 2. The van der Waals surface area contributed by atoms with Crippen molar-refractivity contribution in [2.75, 3.05) is 18.9 Å². The van der Waals surface area contributed by atoms with Gasteiger partial charge >= 0.3 is 5.97 Å². The number of nitrogens with two attached hydrogens (primary N) is 2. The first kappa shape index (κ1) is 11.8. The van der Waals surface area contributed by atoms with Crippen LogP contribution in [-0.2, 0) is 14.4 Å². The Morgan fingerprint density at radius 3 is 2.88 bits per heavy atom. The van der Waals surface area contributed by atoms with Crippen LogP contribution in [-0.4, -0.2) is 35.3 Å². The van der Waals surface area contributed by atoms with E-state index in [1.807, 2.05) is 0 Å². The molecule has 0 atom stereocenters. The molecule has 0 unspecified atom stereocenters. The van der Waals surface area contributed by atoms with E-state index in [9.17, 15) is 4.79 Å². The summed E-state index contributed by atoms with van der Waals surface area (Å²) < 4.78 is 8.89. The largest absolute Gasteiger partial charge is 0.463 e. The Bertz CT molecular complexity index is 388. The predicted molar refractivity (Wildman–Crippen MR) is 52.0 cm³/mol. The van der Waals surface area contributed by atoms with Crippen LogP contribution in [0.5, 0.6) is 0 Å². The van der Waals surface area contributed by atoms with Gasteiger partial charge in [-0.05, 0) is 17.2 Å². The van der Waals surface area contributed by atoms with Gasteiger partial charge < -0.3 is 21.0 Å². The number of ether oxygens (including phenoxy) is 1. The van der Waals surface area contributed by atoms with Crippen LogP contribution in [0.25, 0.3) is 0 Å². The van der Waals surface area contributed by atoms with Gasteiger partial charge in [-0.2, -0.15) is 0 Å². The van der Waals surface area contributed by atoms with E-state index < -0.39 is 5.97 Å². The number of aromatic nitrogens is 2. The Hall–Kier alpha value is -2.32. The maximum Gasteiger partial charge on any atom is 0.347 e. The molecule has 0 aliphatic carbocycles. The molecule has 88 valence electrons. The fraction of sp³-hybridized carbons (Fsp3) is 0.429. The van der Waals surface area contributed by atoms with Crippen LogP contribution in [0.15, 0.2) is 9.78 Å². The molecule has 0 bridgehead atoms. The summed E-state index contributed by atoms with van der Waals surface area (Å²) in [4.78, 5) is 15.5. The molecule has 1 aromatic heterocycles. The van der Waals surface area contributed by atoms with Crippen molar-refractivity contribution in [2.24, 2.45) is 10.9 Å². The van der Waals surface area contributed by atoms with Crippen LogP contribution in [0.2, 0.25) is 0 Å². The second-order valence-corrected chi connectivity index (χ2v) is 2.55. The van der Waals surface area contributed by atoms with E-state index in [1.165, 1.54) is 0 Å². The van der Waals surface area contributed by atoms with Gasteiger partial charge in [0.05, 0.1) is 6.61 Å². The highest BCUT2D eigenvalue weighted by atomic mass is 16.7. The predicted octanol–water partition coefficient (Wildman–Crippen LogP) is -1.15. The quantitative estimate of drug-likeness (QED) is 0.279. The summed E-state index contributed by atoms with van der Waals surface area (Å²) in [5, 5.41) is 10.1.